The third kappa shape index (κ3) is 3.46. The predicted octanol–water partition coefficient (Wildman–Crippen LogP) is 1.81. The lowest BCUT2D eigenvalue weighted by molar-refractivity contribution is -0.158. The lowest BCUT2D eigenvalue weighted by Crippen LogP contribution is -2.41. The molecule has 4 heteroatoms. The average Bonchev–Trinajstić information content (AvgIpc) is 2.18. The minimum Gasteiger partial charge on any atom is -0.481 e. The normalized spacial score (nSPS) is 20.1. The molecule has 0 saturated heterocycles. The number of aliphatic carboxylic acids is 1. The minimum atomic E-state index is -0.772. The van der Waals surface area contributed by atoms with Crippen LogP contribution in [0, 0.1) is 5.41 Å². The molecule has 1 unspecified atom stereocenters. The summed E-state index contributed by atoms with van der Waals surface area (Å²) in [6, 6.07) is 0. The van der Waals surface area contributed by atoms with Gasteiger partial charge in [-0.1, -0.05) is 19.8 Å². The van der Waals surface area contributed by atoms with Gasteiger partial charge in [0.15, 0.2) is 0 Å². The van der Waals surface area contributed by atoms with E-state index in [-0.39, 0.29) is 6.61 Å². The Labute approximate surface area is 96.6 Å². The molecular weight excluding hydrogens is 208 g/mol. The fourth-order valence-corrected chi connectivity index (χ4v) is 2.08. The average molecular weight is 230 g/mol. The summed E-state index contributed by atoms with van der Waals surface area (Å²) in [6.45, 7) is 2.98. The molecule has 0 bridgehead atoms. The summed E-state index contributed by atoms with van der Waals surface area (Å²) in [6.07, 6.45) is 4.06. The number of rotatable bonds is 8. The first kappa shape index (κ1) is 13.5. The molecule has 16 heavy (non-hydrogen) atoms. The maximum Gasteiger partial charge on any atom is 0.309 e. The van der Waals surface area contributed by atoms with Gasteiger partial charge < -0.3 is 14.9 Å². The first-order valence-corrected chi connectivity index (χ1v) is 6.10. The fourth-order valence-electron chi connectivity index (χ4n) is 2.08. The second kappa shape index (κ2) is 6.21. The minimum absolute atomic E-state index is 0.259. The van der Waals surface area contributed by atoms with Crippen LogP contribution >= 0.6 is 0 Å². The zero-order valence-electron chi connectivity index (χ0n) is 9.95. The van der Waals surface area contributed by atoms with Crippen molar-refractivity contribution in [2.75, 3.05) is 13.2 Å². The van der Waals surface area contributed by atoms with E-state index in [2.05, 4.69) is 6.92 Å². The molecular formula is C12H22O4. The first-order chi connectivity index (χ1) is 7.60. The standard InChI is InChI=1S/C12H22O4/c1-2-3-7-16-9-10(13)8-12(11(14)15)5-4-6-12/h10,13H,2-9H2,1H3,(H,14,15). The van der Waals surface area contributed by atoms with Gasteiger partial charge in [0, 0.05) is 6.61 Å². The third-order valence-electron chi connectivity index (χ3n) is 3.34. The van der Waals surface area contributed by atoms with E-state index >= 15 is 0 Å². The Balaban J connectivity index is 2.22. The molecule has 0 aromatic rings. The monoisotopic (exact) mass is 230 g/mol. The van der Waals surface area contributed by atoms with Gasteiger partial charge in [0.05, 0.1) is 18.1 Å². The Morgan fingerprint density at radius 1 is 1.50 bits per heavy atom. The Morgan fingerprint density at radius 2 is 2.19 bits per heavy atom. The number of aliphatic hydroxyl groups is 1. The highest BCUT2D eigenvalue weighted by Gasteiger charge is 2.45. The lowest BCUT2D eigenvalue weighted by atomic mass is 9.66. The van der Waals surface area contributed by atoms with Gasteiger partial charge in [-0.3, -0.25) is 4.79 Å². The summed E-state index contributed by atoms with van der Waals surface area (Å²) < 4.78 is 5.29. The third-order valence-corrected chi connectivity index (χ3v) is 3.34. The van der Waals surface area contributed by atoms with E-state index in [1.165, 1.54) is 0 Å². The van der Waals surface area contributed by atoms with Crippen LogP contribution in [0.15, 0.2) is 0 Å². The van der Waals surface area contributed by atoms with Crippen LogP contribution in [0.3, 0.4) is 0 Å². The van der Waals surface area contributed by atoms with Crippen molar-refractivity contribution in [2.45, 2.75) is 51.6 Å². The van der Waals surface area contributed by atoms with E-state index in [9.17, 15) is 9.90 Å². The van der Waals surface area contributed by atoms with Crippen LogP contribution in [-0.4, -0.2) is 35.5 Å². The van der Waals surface area contributed by atoms with E-state index < -0.39 is 17.5 Å². The molecule has 1 aliphatic carbocycles. The Bertz CT molecular complexity index is 223. The molecule has 0 radical (unpaired) electrons. The summed E-state index contributed by atoms with van der Waals surface area (Å²) in [7, 11) is 0. The van der Waals surface area contributed by atoms with Crippen molar-refractivity contribution in [1.82, 2.24) is 0 Å². The summed E-state index contributed by atoms with van der Waals surface area (Å²) in [5, 5.41) is 18.8. The number of hydrogen-bond acceptors (Lipinski definition) is 3. The van der Waals surface area contributed by atoms with Gasteiger partial charge in [-0.25, -0.2) is 0 Å². The van der Waals surface area contributed by atoms with Crippen molar-refractivity contribution in [3.8, 4) is 0 Å². The quantitative estimate of drug-likeness (QED) is 0.624. The molecule has 4 nitrogen and oxygen atoms in total. The van der Waals surface area contributed by atoms with Crippen LogP contribution in [0.25, 0.3) is 0 Å². The molecule has 0 aromatic carbocycles. The number of ether oxygens (including phenoxy) is 1. The van der Waals surface area contributed by atoms with Crippen molar-refractivity contribution in [3.63, 3.8) is 0 Å². The molecule has 1 fully saturated rings. The van der Waals surface area contributed by atoms with Gasteiger partial charge in [0.2, 0.25) is 0 Å². The smallest absolute Gasteiger partial charge is 0.309 e. The van der Waals surface area contributed by atoms with E-state index in [1.807, 2.05) is 0 Å². The van der Waals surface area contributed by atoms with Gasteiger partial charge in [-0.15, -0.1) is 0 Å². The molecule has 2 N–H and O–H groups in total. The van der Waals surface area contributed by atoms with E-state index in [0.29, 0.717) is 25.9 Å². The molecule has 1 aliphatic rings. The predicted molar refractivity (Wildman–Crippen MR) is 60.3 cm³/mol. The fraction of sp³-hybridized carbons (Fsp3) is 0.917. The SMILES string of the molecule is CCCCOCC(O)CC1(C(=O)O)CCC1. The molecule has 1 atom stereocenters. The van der Waals surface area contributed by atoms with Crippen molar-refractivity contribution in [3.05, 3.63) is 0 Å². The van der Waals surface area contributed by atoms with Crippen molar-refractivity contribution >= 4 is 5.97 Å². The second-order valence-corrected chi connectivity index (χ2v) is 4.73. The number of aliphatic hydroxyl groups excluding tert-OH is 1. The number of hydrogen-bond donors (Lipinski definition) is 2. The summed E-state index contributed by atoms with van der Waals surface area (Å²) in [5.41, 5.74) is -0.673. The van der Waals surface area contributed by atoms with Crippen LogP contribution in [0.1, 0.15) is 45.4 Å². The van der Waals surface area contributed by atoms with Crippen molar-refractivity contribution < 1.29 is 19.7 Å². The van der Waals surface area contributed by atoms with Crippen molar-refractivity contribution in [1.29, 1.82) is 0 Å². The zero-order chi connectivity index (χ0) is 12.0. The summed E-state index contributed by atoms with van der Waals surface area (Å²) in [4.78, 5) is 11.1. The number of unbranched alkanes of at least 4 members (excludes halogenated alkanes) is 1. The van der Waals surface area contributed by atoms with E-state index in [1.54, 1.807) is 0 Å². The molecule has 0 amide bonds. The molecule has 0 aromatic heterocycles. The molecule has 94 valence electrons. The maximum atomic E-state index is 11.1. The van der Waals surface area contributed by atoms with Gasteiger partial charge in [-0.2, -0.15) is 0 Å². The van der Waals surface area contributed by atoms with Gasteiger partial charge >= 0.3 is 5.97 Å². The van der Waals surface area contributed by atoms with E-state index in [0.717, 1.165) is 19.3 Å². The summed E-state index contributed by atoms with van der Waals surface area (Å²) in [5.74, 6) is -0.772. The highest BCUT2D eigenvalue weighted by atomic mass is 16.5. The van der Waals surface area contributed by atoms with Crippen LogP contribution < -0.4 is 0 Å². The Morgan fingerprint density at radius 3 is 2.62 bits per heavy atom. The van der Waals surface area contributed by atoms with Crippen LogP contribution in [-0.2, 0) is 9.53 Å². The largest absolute Gasteiger partial charge is 0.481 e. The molecule has 0 heterocycles. The Hall–Kier alpha value is -0.610. The van der Waals surface area contributed by atoms with Crippen LogP contribution in [0.2, 0.25) is 0 Å². The zero-order valence-corrected chi connectivity index (χ0v) is 9.95. The highest BCUT2D eigenvalue weighted by molar-refractivity contribution is 5.75. The van der Waals surface area contributed by atoms with Gasteiger partial charge in [-0.05, 0) is 25.7 Å². The second-order valence-electron chi connectivity index (χ2n) is 4.73. The van der Waals surface area contributed by atoms with Crippen LogP contribution in [0.4, 0.5) is 0 Å². The lowest BCUT2D eigenvalue weighted by Gasteiger charge is -2.38. The molecule has 0 spiro atoms. The van der Waals surface area contributed by atoms with Crippen LogP contribution in [0.5, 0.6) is 0 Å². The highest BCUT2D eigenvalue weighted by Crippen LogP contribution is 2.45. The number of carbonyl (C=O) groups is 1. The van der Waals surface area contributed by atoms with Crippen molar-refractivity contribution in [2.24, 2.45) is 5.41 Å². The van der Waals surface area contributed by atoms with Gasteiger partial charge in [0.1, 0.15) is 0 Å². The van der Waals surface area contributed by atoms with Gasteiger partial charge in [0.25, 0.3) is 0 Å². The first-order valence-electron chi connectivity index (χ1n) is 6.10. The topological polar surface area (TPSA) is 66.8 Å². The number of carboxylic acids is 1. The molecule has 1 saturated carbocycles. The Kier molecular flexibility index (Phi) is 5.22. The maximum absolute atomic E-state index is 11.1. The number of carboxylic acid groups (broad SMARTS) is 1. The molecule has 1 rings (SSSR count). The summed E-state index contributed by atoms with van der Waals surface area (Å²) >= 11 is 0. The van der Waals surface area contributed by atoms with E-state index in [4.69, 9.17) is 9.84 Å². The molecule has 0 aliphatic heterocycles.